The minimum Gasteiger partial charge on any atom is -0.496 e. The zero-order valence-electron chi connectivity index (χ0n) is 11.8. The molecule has 1 aliphatic rings. The Kier molecular flexibility index (Phi) is 4.04. The second kappa shape index (κ2) is 5.96. The maximum absolute atomic E-state index is 10.5. The van der Waals surface area contributed by atoms with Crippen molar-refractivity contribution in [2.45, 2.75) is 25.0 Å². The highest BCUT2D eigenvalue weighted by Crippen LogP contribution is 2.33. The Bertz CT molecular complexity index is 620. The van der Waals surface area contributed by atoms with E-state index >= 15 is 0 Å². The lowest BCUT2D eigenvalue weighted by atomic mass is 10.0. The van der Waals surface area contributed by atoms with Gasteiger partial charge in [-0.2, -0.15) is 0 Å². The van der Waals surface area contributed by atoms with Crippen LogP contribution in [0.5, 0.6) is 11.5 Å². The van der Waals surface area contributed by atoms with Crippen LogP contribution < -0.4 is 9.47 Å². The van der Waals surface area contributed by atoms with E-state index < -0.39 is 6.10 Å². The first kappa shape index (κ1) is 14.2. The van der Waals surface area contributed by atoms with E-state index in [0.717, 1.165) is 24.2 Å². The molecule has 1 N–H and O–H groups in total. The molecule has 1 fully saturated rings. The molecule has 2 aromatic rings. The van der Waals surface area contributed by atoms with Crippen molar-refractivity contribution in [2.75, 3.05) is 7.11 Å². The number of aliphatic hydroxyl groups excluding tert-OH is 1. The molecule has 3 nitrogen and oxygen atoms in total. The first-order valence-electron chi connectivity index (χ1n) is 6.95. The van der Waals surface area contributed by atoms with Gasteiger partial charge in [0, 0.05) is 10.6 Å². The number of aliphatic hydroxyl groups is 1. The summed E-state index contributed by atoms with van der Waals surface area (Å²) in [5.41, 5.74) is 1.43. The summed E-state index contributed by atoms with van der Waals surface area (Å²) in [5, 5.41) is 11.1. The van der Waals surface area contributed by atoms with Gasteiger partial charge in [0.2, 0.25) is 0 Å². The van der Waals surface area contributed by atoms with E-state index in [1.807, 2.05) is 24.3 Å². The molecule has 110 valence electrons. The van der Waals surface area contributed by atoms with Crippen LogP contribution in [-0.2, 0) is 0 Å². The van der Waals surface area contributed by atoms with E-state index in [4.69, 9.17) is 21.1 Å². The van der Waals surface area contributed by atoms with E-state index in [1.165, 1.54) is 0 Å². The van der Waals surface area contributed by atoms with E-state index in [2.05, 4.69) is 0 Å². The summed E-state index contributed by atoms with van der Waals surface area (Å²) in [6, 6.07) is 12.7. The molecule has 21 heavy (non-hydrogen) atoms. The molecule has 2 aromatic carbocycles. The van der Waals surface area contributed by atoms with Gasteiger partial charge in [0.05, 0.1) is 13.2 Å². The maximum Gasteiger partial charge on any atom is 0.125 e. The standard InChI is InChI=1S/C17H17ClO3/c1-20-16-9-4-12(18)10-15(16)17(19)11-2-5-13(6-3-11)21-14-7-8-14/h2-6,9-10,14,17,19H,7-8H2,1H3. The lowest BCUT2D eigenvalue weighted by molar-refractivity contribution is 0.214. The average Bonchev–Trinajstić information content (AvgIpc) is 3.31. The second-order valence-corrected chi connectivity index (χ2v) is 5.61. The quantitative estimate of drug-likeness (QED) is 0.908. The third-order valence-electron chi connectivity index (χ3n) is 3.51. The summed E-state index contributed by atoms with van der Waals surface area (Å²) < 4.78 is 11.0. The summed E-state index contributed by atoms with van der Waals surface area (Å²) in [4.78, 5) is 0. The van der Waals surface area contributed by atoms with Crippen LogP contribution in [0, 0.1) is 0 Å². The van der Waals surface area contributed by atoms with Gasteiger partial charge in [-0.05, 0) is 48.7 Å². The normalized spacial score (nSPS) is 15.6. The molecule has 0 heterocycles. The van der Waals surface area contributed by atoms with Crippen LogP contribution >= 0.6 is 11.6 Å². The van der Waals surface area contributed by atoms with Gasteiger partial charge in [0.1, 0.15) is 17.6 Å². The summed E-state index contributed by atoms with van der Waals surface area (Å²) in [7, 11) is 1.58. The molecule has 0 spiro atoms. The molecule has 0 aromatic heterocycles. The molecule has 1 aliphatic carbocycles. The lowest BCUT2D eigenvalue weighted by Crippen LogP contribution is -2.03. The third kappa shape index (κ3) is 3.31. The zero-order chi connectivity index (χ0) is 14.8. The SMILES string of the molecule is COc1ccc(Cl)cc1C(O)c1ccc(OC2CC2)cc1. The largest absolute Gasteiger partial charge is 0.496 e. The molecule has 0 aliphatic heterocycles. The van der Waals surface area contributed by atoms with Crippen molar-refractivity contribution in [2.24, 2.45) is 0 Å². The fourth-order valence-electron chi connectivity index (χ4n) is 2.21. The van der Waals surface area contributed by atoms with E-state index in [9.17, 15) is 5.11 Å². The monoisotopic (exact) mass is 304 g/mol. The molecule has 3 rings (SSSR count). The number of hydrogen-bond donors (Lipinski definition) is 1. The molecule has 0 saturated heterocycles. The maximum atomic E-state index is 10.5. The molecular formula is C17H17ClO3. The van der Waals surface area contributed by atoms with Gasteiger partial charge in [0.25, 0.3) is 0 Å². The van der Waals surface area contributed by atoms with Gasteiger partial charge in [-0.1, -0.05) is 23.7 Å². The fourth-order valence-corrected chi connectivity index (χ4v) is 2.39. The number of ether oxygens (including phenoxy) is 2. The molecule has 0 bridgehead atoms. The smallest absolute Gasteiger partial charge is 0.125 e. The van der Waals surface area contributed by atoms with Gasteiger partial charge < -0.3 is 14.6 Å². The zero-order valence-corrected chi connectivity index (χ0v) is 12.5. The van der Waals surface area contributed by atoms with Gasteiger partial charge in [-0.3, -0.25) is 0 Å². The van der Waals surface area contributed by atoms with Crippen molar-refractivity contribution in [3.8, 4) is 11.5 Å². The molecule has 0 radical (unpaired) electrons. The van der Waals surface area contributed by atoms with Crippen LogP contribution in [0.2, 0.25) is 5.02 Å². The van der Waals surface area contributed by atoms with E-state index in [0.29, 0.717) is 22.4 Å². The van der Waals surface area contributed by atoms with Crippen molar-refractivity contribution in [3.63, 3.8) is 0 Å². The minimum absolute atomic E-state index is 0.369. The highest BCUT2D eigenvalue weighted by atomic mass is 35.5. The predicted octanol–water partition coefficient (Wildman–Crippen LogP) is 3.97. The van der Waals surface area contributed by atoms with Gasteiger partial charge in [0.15, 0.2) is 0 Å². The molecule has 4 heteroatoms. The Morgan fingerprint density at radius 1 is 1.14 bits per heavy atom. The number of methoxy groups -OCH3 is 1. The highest BCUT2D eigenvalue weighted by Gasteiger charge is 2.23. The van der Waals surface area contributed by atoms with Crippen molar-refractivity contribution in [3.05, 3.63) is 58.6 Å². The summed E-state index contributed by atoms with van der Waals surface area (Å²) in [5.74, 6) is 1.46. The van der Waals surface area contributed by atoms with Gasteiger partial charge in [-0.15, -0.1) is 0 Å². The topological polar surface area (TPSA) is 38.7 Å². The molecule has 1 atom stereocenters. The van der Waals surface area contributed by atoms with Crippen LogP contribution in [0.25, 0.3) is 0 Å². The van der Waals surface area contributed by atoms with Crippen LogP contribution in [0.4, 0.5) is 0 Å². The molecule has 0 amide bonds. The lowest BCUT2D eigenvalue weighted by Gasteiger charge is -2.16. The van der Waals surface area contributed by atoms with Gasteiger partial charge in [-0.25, -0.2) is 0 Å². The summed E-state index contributed by atoms with van der Waals surface area (Å²) in [6.45, 7) is 0. The summed E-state index contributed by atoms with van der Waals surface area (Å²) >= 11 is 6.01. The predicted molar refractivity (Wildman–Crippen MR) is 82.2 cm³/mol. The summed E-state index contributed by atoms with van der Waals surface area (Å²) in [6.07, 6.45) is 1.84. The van der Waals surface area contributed by atoms with E-state index in [-0.39, 0.29) is 0 Å². The number of halogens is 1. The first-order chi connectivity index (χ1) is 10.2. The average molecular weight is 305 g/mol. The third-order valence-corrected chi connectivity index (χ3v) is 3.74. The van der Waals surface area contributed by atoms with Crippen LogP contribution in [-0.4, -0.2) is 18.3 Å². The Morgan fingerprint density at radius 2 is 1.86 bits per heavy atom. The van der Waals surface area contributed by atoms with Crippen LogP contribution in [0.1, 0.15) is 30.1 Å². The Balaban J connectivity index is 1.83. The number of benzene rings is 2. The molecule has 1 saturated carbocycles. The van der Waals surface area contributed by atoms with Crippen LogP contribution in [0.15, 0.2) is 42.5 Å². The molecular weight excluding hydrogens is 288 g/mol. The van der Waals surface area contributed by atoms with Crippen molar-refractivity contribution < 1.29 is 14.6 Å². The number of rotatable bonds is 5. The van der Waals surface area contributed by atoms with Crippen LogP contribution in [0.3, 0.4) is 0 Å². The first-order valence-corrected chi connectivity index (χ1v) is 7.33. The Labute approximate surface area is 129 Å². The Hall–Kier alpha value is -1.71. The molecule has 1 unspecified atom stereocenters. The highest BCUT2D eigenvalue weighted by molar-refractivity contribution is 6.30. The van der Waals surface area contributed by atoms with E-state index in [1.54, 1.807) is 25.3 Å². The van der Waals surface area contributed by atoms with Crippen molar-refractivity contribution in [1.29, 1.82) is 0 Å². The number of hydrogen-bond acceptors (Lipinski definition) is 3. The Morgan fingerprint density at radius 3 is 2.48 bits per heavy atom. The minimum atomic E-state index is -0.784. The van der Waals surface area contributed by atoms with Gasteiger partial charge >= 0.3 is 0 Å². The fraction of sp³-hybridized carbons (Fsp3) is 0.294. The van der Waals surface area contributed by atoms with Crippen molar-refractivity contribution in [1.82, 2.24) is 0 Å². The van der Waals surface area contributed by atoms with Crippen molar-refractivity contribution >= 4 is 11.6 Å². The second-order valence-electron chi connectivity index (χ2n) is 5.18.